The molecule has 2 fully saturated rings. The van der Waals surface area contributed by atoms with Crippen molar-refractivity contribution in [2.45, 2.75) is 62.9 Å². The van der Waals surface area contributed by atoms with Crippen molar-refractivity contribution in [3.63, 3.8) is 0 Å². The molecule has 2 aliphatic rings. The first-order chi connectivity index (χ1) is 7.27. The molecule has 86 valence electrons. The summed E-state index contributed by atoms with van der Waals surface area (Å²) in [5, 5.41) is 3.52. The van der Waals surface area contributed by atoms with Gasteiger partial charge in [0.2, 0.25) is 0 Å². The van der Waals surface area contributed by atoms with Crippen LogP contribution in [0.5, 0.6) is 0 Å². The SMILES string of the molecule is COC(=O)C1(NC2CC2)CCCCCC1. The van der Waals surface area contributed by atoms with E-state index < -0.39 is 0 Å². The van der Waals surface area contributed by atoms with Crippen LogP contribution in [-0.4, -0.2) is 24.7 Å². The van der Waals surface area contributed by atoms with Crippen LogP contribution in [0, 0.1) is 0 Å². The molecule has 15 heavy (non-hydrogen) atoms. The number of carbonyl (C=O) groups is 1. The molecule has 2 aliphatic carbocycles. The van der Waals surface area contributed by atoms with Crippen LogP contribution in [-0.2, 0) is 9.53 Å². The Kier molecular flexibility index (Phi) is 3.29. The average molecular weight is 211 g/mol. The number of esters is 1. The first-order valence-electron chi connectivity index (χ1n) is 6.13. The molecule has 0 heterocycles. The zero-order chi connectivity index (χ0) is 10.7. The summed E-state index contributed by atoms with van der Waals surface area (Å²) < 4.78 is 4.98. The maximum absolute atomic E-state index is 11.9. The summed E-state index contributed by atoms with van der Waals surface area (Å²) in [6.07, 6.45) is 9.16. The number of hydrogen-bond donors (Lipinski definition) is 1. The Balaban J connectivity index is 2.07. The fourth-order valence-electron chi connectivity index (χ4n) is 2.55. The van der Waals surface area contributed by atoms with Gasteiger partial charge in [-0.3, -0.25) is 10.1 Å². The Labute approximate surface area is 91.6 Å². The van der Waals surface area contributed by atoms with Crippen molar-refractivity contribution in [1.29, 1.82) is 0 Å². The fourth-order valence-corrected chi connectivity index (χ4v) is 2.55. The van der Waals surface area contributed by atoms with E-state index in [1.54, 1.807) is 0 Å². The third-order valence-corrected chi connectivity index (χ3v) is 3.59. The molecule has 2 saturated carbocycles. The number of carbonyl (C=O) groups excluding carboxylic acids is 1. The number of nitrogens with one attached hydrogen (secondary N) is 1. The lowest BCUT2D eigenvalue weighted by molar-refractivity contribution is -0.149. The Morgan fingerprint density at radius 1 is 1.20 bits per heavy atom. The highest BCUT2D eigenvalue weighted by molar-refractivity contribution is 5.80. The molecule has 0 bridgehead atoms. The first kappa shape index (κ1) is 10.9. The summed E-state index contributed by atoms with van der Waals surface area (Å²) in [4.78, 5) is 11.9. The summed E-state index contributed by atoms with van der Waals surface area (Å²) in [7, 11) is 1.50. The van der Waals surface area contributed by atoms with Gasteiger partial charge < -0.3 is 4.74 Å². The minimum atomic E-state index is -0.355. The van der Waals surface area contributed by atoms with Crippen LogP contribution in [0.25, 0.3) is 0 Å². The molecule has 0 aromatic carbocycles. The van der Waals surface area contributed by atoms with Gasteiger partial charge in [-0.1, -0.05) is 25.7 Å². The Morgan fingerprint density at radius 3 is 2.27 bits per heavy atom. The summed E-state index contributed by atoms with van der Waals surface area (Å²) in [5.74, 6) is -0.0451. The first-order valence-corrected chi connectivity index (χ1v) is 6.13. The smallest absolute Gasteiger partial charge is 0.326 e. The molecular formula is C12H21NO2. The van der Waals surface area contributed by atoms with Gasteiger partial charge in [0.1, 0.15) is 5.54 Å². The molecule has 0 unspecified atom stereocenters. The van der Waals surface area contributed by atoms with E-state index in [1.165, 1.54) is 32.8 Å². The van der Waals surface area contributed by atoms with E-state index in [0.29, 0.717) is 6.04 Å². The van der Waals surface area contributed by atoms with E-state index in [0.717, 1.165) is 25.7 Å². The summed E-state index contributed by atoms with van der Waals surface area (Å²) >= 11 is 0. The van der Waals surface area contributed by atoms with Crippen LogP contribution in [0.4, 0.5) is 0 Å². The van der Waals surface area contributed by atoms with Crippen LogP contribution in [0.2, 0.25) is 0 Å². The predicted octanol–water partition coefficient (Wildman–Crippen LogP) is 2.00. The number of methoxy groups -OCH3 is 1. The van der Waals surface area contributed by atoms with Crippen LogP contribution in [0.3, 0.4) is 0 Å². The van der Waals surface area contributed by atoms with E-state index in [4.69, 9.17) is 4.74 Å². The second-order valence-corrected chi connectivity index (χ2v) is 4.91. The quantitative estimate of drug-likeness (QED) is 0.573. The van der Waals surface area contributed by atoms with Crippen molar-refractivity contribution in [2.24, 2.45) is 0 Å². The molecule has 0 aliphatic heterocycles. The van der Waals surface area contributed by atoms with Crippen molar-refractivity contribution in [3.05, 3.63) is 0 Å². The Bertz CT molecular complexity index is 228. The molecule has 3 nitrogen and oxygen atoms in total. The molecule has 0 radical (unpaired) electrons. The zero-order valence-corrected chi connectivity index (χ0v) is 9.55. The fraction of sp³-hybridized carbons (Fsp3) is 0.917. The van der Waals surface area contributed by atoms with E-state index >= 15 is 0 Å². The molecule has 0 saturated heterocycles. The third kappa shape index (κ3) is 2.51. The average Bonchev–Trinajstić information content (AvgIpc) is 3.05. The standard InChI is InChI=1S/C12H21NO2/c1-15-11(14)12(13-10-6-7-10)8-4-2-3-5-9-12/h10,13H,2-9H2,1H3. The molecule has 0 amide bonds. The lowest BCUT2D eigenvalue weighted by atomic mass is 9.90. The predicted molar refractivity (Wildman–Crippen MR) is 58.6 cm³/mol. The van der Waals surface area contributed by atoms with Gasteiger partial charge in [0.15, 0.2) is 0 Å². The second-order valence-electron chi connectivity index (χ2n) is 4.91. The van der Waals surface area contributed by atoms with Crippen molar-refractivity contribution in [3.8, 4) is 0 Å². The van der Waals surface area contributed by atoms with Gasteiger partial charge in [0.25, 0.3) is 0 Å². The molecule has 0 spiro atoms. The topological polar surface area (TPSA) is 38.3 Å². The number of ether oxygens (including phenoxy) is 1. The van der Waals surface area contributed by atoms with Gasteiger partial charge >= 0.3 is 5.97 Å². The number of rotatable bonds is 3. The molecule has 3 heteroatoms. The van der Waals surface area contributed by atoms with Crippen molar-refractivity contribution in [2.75, 3.05) is 7.11 Å². The molecule has 1 N–H and O–H groups in total. The lowest BCUT2D eigenvalue weighted by Crippen LogP contribution is -2.53. The van der Waals surface area contributed by atoms with Crippen LogP contribution < -0.4 is 5.32 Å². The monoisotopic (exact) mass is 211 g/mol. The maximum Gasteiger partial charge on any atom is 0.326 e. The van der Waals surface area contributed by atoms with E-state index in [9.17, 15) is 4.79 Å². The summed E-state index contributed by atoms with van der Waals surface area (Å²) in [6, 6.07) is 0.571. The van der Waals surface area contributed by atoms with Crippen molar-refractivity contribution < 1.29 is 9.53 Å². The summed E-state index contributed by atoms with van der Waals surface area (Å²) in [6.45, 7) is 0. The highest BCUT2D eigenvalue weighted by atomic mass is 16.5. The molecular weight excluding hydrogens is 190 g/mol. The van der Waals surface area contributed by atoms with Gasteiger partial charge in [-0.15, -0.1) is 0 Å². The Morgan fingerprint density at radius 2 is 1.80 bits per heavy atom. The van der Waals surface area contributed by atoms with Gasteiger partial charge in [-0.25, -0.2) is 0 Å². The lowest BCUT2D eigenvalue weighted by Gasteiger charge is -2.31. The highest BCUT2D eigenvalue weighted by Crippen LogP contribution is 2.32. The van der Waals surface area contributed by atoms with Gasteiger partial charge in [-0.05, 0) is 25.7 Å². The molecule has 0 aromatic rings. The zero-order valence-electron chi connectivity index (χ0n) is 9.55. The van der Waals surface area contributed by atoms with Gasteiger partial charge in [0.05, 0.1) is 7.11 Å². The van der Waals surface area contributed by atoms with E-state index in [1.807, 2.05) is 0 Å². The largest absolute Gasteiger partial charge is 0.468 e. The number of hydrogen-bond acceptors (Lipinski definition) is 3. The van der Waals surface area contributed by atoms with Crippen LogP contribution >= 0.6 is 0 Å². The Hall–Kier alpha value is -0.570. The van der Waals surface area contributed by atoms with E-state index in [2.05, 4.69) is 5.32 Å². The van der Waals surface area contributed by atoms with Crippen molar-refractivity contribution >= 4 is 5.97 Å². The van der Waals surface area contributed by atoms with Crippen LogP contribution in [0.15, 0.2) is 0 Å². The van der Waals surface area contributed by atoms with E-state index in [-0.39, 0.29) is 11.5 Å². The maximum atomic E-state index is 11.9. The van der Waals surface area contributed by atoms with Crippen LogP contribution in [0.1, 0.15) is 51.4 Å². The molecule has 0 atom stereocenters. The van der Waals surface area contributed by atoms with Gasteiger partial charge in [0, 0.05) is 6.04 Å². The minimum Gasteiger partial charge on any atom is -0.468 e. The summed E-state index contributed by atoms with van der Waals surface area (Å²) in [5.41, 5.74) is -0.355. The minimum absolute atomic E-state index is 0.0451. The highest BCUT2D eigenvalue weighted by Gasteiger charge is 2.43. The van der Waals surface area contributed by atoms with Gasteiger partial charge in [-0.2, -0.15) is 0 Å². The second kappa shape index (κ2) is 4.52. The molecule has 0 aromatic heterocycles. The molecule has 2 rings (SSSR count). The third-order valence-electron chi connectivity index (χ3n) is 3.59. The van der Waals surface area contributed by atoms with Crippen molar-refractivity contribution in [1.82, 2.24) is 5.32 Å². The normalized spacial score (nSPS) is 25.7.